The molecule has 20 heavy (non-hydrogen) atoms. The van der Waals surface area contributed by atoms with Gasteiger partial charge in [-0.3, -0.25) is 0 Å². The van der Waals surface area contributed by atoms with Gasteiger partial charge in [-0.25, -0.2) is 4.39 Å². The fourth-order valence-electron chi connectivity index (χ4n) is 3.16. The first-order valence-corrected chi connectivity index (χ1v) is 8.43. The number of hydrogen-bond donors (Lipinski definition) is 1. The number of H-pyrrole nitrogens is 1. The molecule has 0 aliphatic heterocycles. The van der Waals surface area contributed by atoms with E-state index in [-0.39, 0.29) is 5.82 Å². The summed E-state index contributed by atoms with van der Waals surface area (Å²) in [5.74, 6) is 0.563. The van der Waals surface area contributed by atoms with Gasteiger partial charge in [0.05, 0.1) is 15.5 Å². The lowest BCUT2D eigenvalue weighted by Gasteiger charge is -2.21. The van der Waals surface area contributed by atoms with Crippen LogP contribution in [0.3, 0.4) is 0 Å². The maximum atomic E-state index is 13.6. The number of aromatic nitrogens is 2. The van der Waals surface area contributed by atoms with Gasteiger partial charge in [0, 0.05) is 12.6 Å². The van der Waals surface area contributed by atoms with Crippen LogP contribution in [0.15, 0.2) is 16.6 Å². The van der Waals surface area contributed by atoms with Crippen LogP contribution in [0.25, 0.3) is 11.0 Å². The zero-order chi connectivity index (χ0) is 14.1. The Kier molecular flexibility index (Phi) is 4.26. The Morgan fingerprint density at radius 3 is 2.80 bits per heavy atom. The molecule has 0 unspecified atom stereocenters. The number of aromatic amines is 1. The van der Waals surface area contributed by atoms with E-state index in [4.69, 9.17) is 12.2 Å². The molecule has 1 saturated carbocycles. The van der Waals surface area contributed by atoms with Crippen LogP contribution in [-0.2, 0) is 6.54 Å². The summed E-state index contributed by atoms with van der Waals surface area (Å²) in [5.41, 5.74) is 1.76. The second kappa shape index (κ2) is 5.98. The summed E-state index contributed by atoms with van der Waals surface area (Å²) in [7, 11) is 0. The third-order valence-electron chi connectivity index (χ3n) is 4.30. The summed E-state index contributed by atoms with van der Waals surface area (Å²) in [6.07, 6.45) is 7.95. The van der Waals surface area contributed by atoms with E-state index in [0.717, 1.165) is 29.9 Å². The minimum absolute atomic E-state index is 0.256. The molecule has 1 aromatic heterocycles. The number of nitrogens with zero attached hydrogens (tertiary/aromatic N) is 1. The molecule has 1 aliphatic carbocycles. The molecule has 1 fully saturated rings. The Morgan fingerprint density at radius 1 is 1.30 bits per heavy atom. The number of nitrogens with one attached hydrogen (secondary N) is 1. The van der Waals surface area contributed by atoms with Gasteiger partial charge in [0.15, 0.2) is 4.77 Å². The lowest BCUT2D eigenvalue weighted by Crippen LogP contribution is -2.10. The summed E-state index contributed by atoms with van der Waals surface area (Å²) in [6, 6.07) is 3.32. The number of imidazole rings is 1. The Balaban J connectivity index is 1.85. The third-order valence-corrected chi connectivity index (χ3v) is 5.23. The molecule has 0 spiro atoms. The molecule has 2 nitrogen and oxygen atoms in total. The van der Waals surface area contributed by atoms with Crippen molar-refractivity contribution in [2.75, 3.05) is 0 Å². The van der Waals surface area contributed by atoms with Crippen molar-refractivity contribution in [2.45, 2.75) is 45.1 Å². The van der Waals surface area contributed by atoms with Crippen LogP contribution in [-0.4, -0.2) is 9.55 Å². The minimum atomic E-state index is -0.256. The summed E-state index contributed by atoms with van der Waals surface area (Å²) >= 11 is 8.63. The lowest BCUT2D eigenvalue weighted by molar-refractivity contribution is 0.325. The lowest BCUT2D eigenvalue weighted by atomic mass is 9.87. The van der Waals surface area contributed by atoms with E-state index in [1.54, 1.807) is 0 Å². The molecule has 1 aliphatic rings. The maximum Gasteiger partial charge on any atom is 0.178 e. The van der Waals surface area contributed by atoms with Crippen molar-refractivity contribution in [3.05, 3.63) is 27.2 Å². The second-order valence-electron chi connectivity index (χ2n) is 5.66. The average Bonchev–Trinajstić information content (AvgIpc) is 2.73. The first-order chi connectivity index (χ1) is 9.65. The van der Waals surface area contributed by atoms with Crippen LogP contribution in [0.5, 0.6) is 0 Å². The molecule has 0 amide bonds. The van der Waals surface area contributed by atoms with Gasteiger partial charge in [0.1, 0.15) is 5.82 Å². The van der Waals surface area contributed by atoms with E-state index in [1.807, 2.05) is 6.07 Å². The summed E-state index contributed by atoms with van der Waals surface area (Å²) in [5, 5.41) is 0. The van der Waals surface area contributed by atoms with Gasteiger partial charge in [-0.15, -0.1) is 0 Å². The van der Waals surface area contributed by atoms with E-state index < -0.39 is 0 Å². The largest absolute Gasteiger partial charge is 0.330 e. The number of hydrogen-bond acceptors (Lipinski definition) is 1. The van der Waals surface area contributed by atoms with Crippen LogP contribution < -0.4 is 0 Å². The molecule has 0 bridgehead atoms. The van der Waals surface area contributed by atoms with E-state index in [2.05, 4.69) is 25.5 Å². The van der Waals surface area contributed by atoms with Crippen LogP contribution in [0.1, 0.15) is 38.5 Å². The molecular weight excluding hydrogens is 339 g/mol. The number of benzene rings is 1. The van der Waals surface area contributed by atoms with E-state index >= 15 is 0 Å². The Bertz CT molecular complexity index is 670. The van der Waals surface area contributed by atoms with Gasteiger partial charge in [-0.2, -0.15) is 0 Å². The highest BCUT2D eigenvalue weighted by Crippen LogP contribution is 2.28. The normalized spacial score (nSPS) is 16.9. The van der Waals surface area contributed by atoms with E-state index in [9.17, 15) is 4.39 Å². The first kappa shape index (κ1) is 14.3. The zero-order valence-electron chi connectivity index (χ0n) is 11.3. The van der Waals surface area contributed by atoms with Crippen molar-refractivity contribution in [1.29, 1.82) is 0 Å². The smallest absolute Gasteiger partial charge is 0.178 e. The molecule has 5 heteroatoms. The van der Waals surface area contributed by atoms with Crippen molar-refractivity contribution in [3.8, 4) is 0 Å². The molecule has 1 aromatic carbocycles. The van der Waals surface area contributed by atoms with Crippen molar-refractivity contribution < 1.29 is 4.39 Å². The van der Waals surface area contributed by atoms with Gasteiger partial charge in [0.2, 0.25) is 0 Å². The van der Waals surface area contributed by atoms with E-state index in [0.29, 0.717) is 9.24 Å². The molecule has 0 radical (unpaired) electrons. The zero-order valence-corrected chi connectivity index (χ0v) is 13.7. The van der Waals surface area contributed by atoms with Crippen molar-refractivity contribution in [3.63, 3.8) is 0 Å². The summed E-state index contributed by atoms with van der Waals surface area (Å²) in [4.78, 5) is 3.10. The molecule has 2 aromatic rings. The van der Waals surface area contributed by atoms with Crippen LogP contribution in [0.2, 0.25) is 0 Å². The van der Waals surface area contributed by atoms with Crippen LogP contribution in [0, 0.1) is 16.5 Å². The fourth-order valence-corrected chi connectivity index (χ4v) is 3.79. The number of halogens is 2. The van der Waals surface area contributed by atoms with Gasteiger partial charge >= 0.3 is 0 Å². The van der Waals surface area contributed by atoms with Crippen molar-refractivity contribution >= 4 is 39.2 Å². The number of fused-ring (bicyclic) bond motifs is 1. The van der Waals surface area contributed by atoms with Crippen LogP contribution >= 0.6 is 28.1 Å². The van der Waals surface area contributed by atoms with Crippen LogP contribution in [0.4, 0.5) is 4.39 Å². The summed E-state index contributed by atoms with van der Waals surface area (Å²) < 4.78 is 16.8. The maximum absolute atomic E-state index is 13.6. The highest BCUT2D eigenvalue weighted by molar-refractivity contribution is 9.10. The number of aryl methyl sites for hydroxylation is 1. The van der Waals surface area contributed by atoms with Gasteiger partial charge < -0.3 is 9.55 Å². The quantitative estimate of drug-likeness (QED) is 0.712. The van der Waals surface area contributed by atoms with Gasteiger partial charge in [-0.05, 0) is 46.6 Å². The fraction of sp³-hybridized carbons (Fsp3) is 0.533. The summed E-state index contributed by atoms with van der Waals surface area (Å²) in [6.45, 7) is 0.918. The highest BCUT2D eigenvalue weighted by atomic mass is 79.9. The standard InChI is InChI=1S/C15H18BrFN2S/c16-11-8-14-13(9-12(11)17)18-15(20)19(14)7-6-10-4-2-1-3-5-10/h8-10H,1-7H2,(H,18,20). The van der Waals surface area contributed by atoms with Gasteiger partial charge in [-0.1, -0.05) is 32.1 Å². The van der Waals surface area contributed by atoms with E-state index in [1.165, 1.54) is 38.2 Å². The Labute approximate surface area is 131 Å². The predicted octanol–water partition coefficient (Wildman–Crippen LogP) is 5.57. The minimum Gasteiger partial charge on any atom is -0.330 e. The second-order valence-corrected chi connectivity index (χ2v) is 6.90. The Morgan fingerprint density at radius 2 is 2.05 bits per heavy atom. The average molecular weight is 357 g/mol. The first-order valence-electron chi connectivity index (χ1n) is 7.22. The molecule has 3 rings (SSSR count). The molecule has 0 atom stereocenters. The molecule has 1 heterocycles. The monoisotopic (exact) mass is 356 g/mol. The predicted molar refractivity (Wildman–Crippen MR) is 86.0 cm³/mol. The van der Waals surface area contributed by atoms with Crippen molar-refractivity contribution in [1.82, 2.24) is 9.55 Å². The Hall–Kier alpha value is -0.680. The topological polar surface area (TPSA) is 20.7 Å². The molecule has 0 saturated heterocycles. The number of rotatable bonds is 3. The molecule has 1 N–H and O–H groups in total. The molecule has 108 valence electrons. The SMILES string of the molecule is Fc1cc2[nH]c(=S)n(CCC3CCCCC3)c2cc1Br. The third kappa shape index (κ3) is 2.84. The van der Waals surface area contributed by atoms with Gasteiger partial charge in [0.25, 0.3) is 0 Å². The van der Waals surface area contributed by atoms with Crippen molar-refractivity contribution in [2.24, 2.45) is 5.92 Å². The molecular formula is C15H18BrFN2S. The highest BCUT2D eigenvalue weighted by Gasteiger charge is 2.15.